The summed E-state index contributed by atoms with van der Waals surface area (Å²) < 4.78 is 0. The fraction of sp³-hybridized carbons (Fsp3) is 0.111. The summed E-state index contributed by atoms with van der Waals surface area (Å²) >= 11 is 12.5. The van der Waals surface area contributed by atoms with Gasteiger partial charge in [-0.05, 0) is 12.1 Å². The second-order valence-corrected chi connectivity index (χ2v) is 4.56. The van der Waals surface area contributed by atoms with Crippen molar-refractivity contribution in [3.63, 3.8) is 0 Å². The molecule has 2 N–H and O–H groups in total. The molecular formula is C9H6Cl2O4S. The van der Waals surface area contributed by atoms with Crippen molar-refractivity contribution in [2.24, 2.45) is 0 Å². The van der Waals surface area contributed by atoms with Crippen LogP contribution in [0.4, 0.5) is 0 Å². The number of halogens is 2. The van der Waals surface area contributed by atoms with Gasteiger partial charge in [-0.2, -0.15) is 0 Å². The Morgan fingerprint density at radius 1 is 1.19 bits per heavy atom. The molecule has 4 nitrogen and oxygen atoms in total. The number of aromatic carboxylic acids is 1. The first kappa shape index (κ1) is 13.2. The summed E-state index contributed by atoms with van der Waals surface area (Å²) in [5, 5.41) is 17.5. The number of thioether (sulfide) groups is 1. The maximum atomic E-state index is 10.7. The maximum absolute atomic E-state index is 10.7. The number of hydrogen-bond acceptors (Lipinski definition) is 3. The molecule has 0 saturated heterocycles. The predicted octanol–water partition coefficient (Wildman–Crippen LogP) is 2.87. The van der Waals surface area contributed by atoms with E-state index in [1.807, 2.05) is 0 Å². The molecule has 86 valence electrons. The number of benzene rings is 1. The van der Waals surface area contributed by atoms with Crippen molar-refractivity contribution in [3.05, 3.63) is 27.7 Å². The summed E-state index contributed by atoms with van der Waals surface area (Å²) in [6, 6.07) is 2.47. The van der Waals surface area contributed by atoms with Crippen LogP contribution < -0.4 is 0 Å². The van der Waals surface area contributed by atoms with Crippen LogP contribution in [0.2, 0.25) is 10.0 Å². The SMILES string of the molecule is O=C(O)CSc1c(Cl)cc(C(=O)O)cc1Cl. The van der Waals surface area contributed by atoms with Gasteiger partial charge in [0.25, 0.3) is 0 Å². The highest BCUT2D eigenvalue weighted by molar-refractivity contribution is 8.00. The average molecular weight is 281 g/mol. The fourth-order valence-corrected chi connectivity index (χ4v) is 2.43. The summed E-state index contributed by atoms with van der Waals surface area (Å²) in [6.45, 7) is 0. The van der Waals surface area contributed by atoms with E-state index in [-0.39, 0.29) is 21.4 Å². The quantitative estimate of drug-likeness (QED) is 0.830. The number of carboxylic acids is 2. The van der Waals surface area contributed by atoms with Crippen molar-refractivity contribution in [1.82, 2.24) is 0 Å². The normalized spacial score (nSPS) is 10.1. The highest BCUT2D eigenvalue weighted by atomic mass is 35.5. The van der Waals surface area contributed by atoms with E-state index in [1.54, 1.807) is 0 Å². The Morgan fingerprint density at radius 2 is 1.69 bits per heavy atom. The Bertz CT molecular complexity index is 424. The Hall–Kier alpha value is -0.910. The van der Waals surface area contributed by atoms with E-state index >= 15 is 0 Å². The minimum absolute atomic E-state index is 0.0327. The summed E-state index contributed by atoms with van der Waals surface area (Å²) in [5.41, 5.74) is -0.0327. The average Bonchev–Trinajstić information content (AvgIpc) is 2.15. The largest absolute Gasteiger partial charge is 0.481 e. The van der Waals surface area contributed by atoms with Crippen LogP contribution in [0.3, 0.4) is 0 Å². The third-order valence-corrected chi connectivity index (χ3v) is 3.53. The molecular weight excluding hydrogens is 275 g/mol. The smallest absolute Gasteiger partial charge is 0.335 e. The van der Waals surface area contributed by atoms with Gasteiger partial charge in [0.15, 0.2) is 0 Å². The van der Waals surface area contributed by atoms with Gasteiger partial charge in [-0.25, -0.2) is 4.79 Å². The van der Waals surface area contributed by atoms with E-state index in [9.17, 15) is 9.59 Å². The molecule has 0 saturated carbocycles. The molecule has 1 aromatic carbocycles. The molecule has 0 aromatic heterocycles. The minimum Gasteiger partial charge on any atom is -0.481 e. The van der Waals surface area contributed by atoms with Crippen molar-refractivity contribution >= 4 is 46.9 Å². The summed E-state index contributed by atoms with van der Waals surface area (Å²) in [7, 11) is 0. The van der Waals surface area contributed by atoms with Crippen LogP contribution in [-0.2, 0) is 4.79 Å². The second-order valence-electron chi connectivity index (χ2n) is 2.76. The van der Waals surface area contributed by atoms with E-state index in [0.29, 0.717) is 4.90 Å². The lowest BCUT2D eigenvalue weighted by Crippen LogP contribution is -1.99. The van der Waals surface area contributed by atoms with Crippen LogP contribution in [0.5, 0.6) is 0 Å². The third-order valence-electron chi connectivity index (χ3n) is 1.59. The molecule has 1 rings (SSSR count). The number of carboxylic acid groups (broad SMARTS) is 2. The van der Waals surface area contributed by atoms with Gasteiger partial charge in [-0.1, -0.05) is 23.2 Å². The van der Waals surface area contributed by atoms with Crippen molar-refractivity contribution in [3.8, 4) is 0 Å². The van der Waals surface area contributed by atoms with E-state index in [0.717, 1.165) is 11.8 Å². The summed E-state index contributed by atoms with van der Waals surface area (Å²) in [4.78, 5) is 21.4. The number of carbonyl (C=O) groups is 2. The molecule has 0 atom stereocenters. The van der Waals surface area contributed by atoms with Crippen LogP contribution in [0.25, 0.3) is 0 Å². The Balaban J connectivity index is 3.03. The zero-order valence-corrected chi connectivity index (χ0v) is 10.1. The molecule has 0 fully saturated rings. The fourth-order valence-electron chi connectivity index (χ4n) is 0.955. The van der Waals surface area contributed by atoms with Crippen molar-refractivity contribution in [1.29, 1.82) is 0 Å². The van der Waals surface area contributed by atoms with Crippen LogP contribution in [0.15, 0.2) is 17.0 Å². The third kappa shape index (κ3) is 3.30. The van der Waals surface area contributed by atoms with Crippen LogP contribution in [0.1, 0.15) is 10.4 Å². The standard InChI is InChI=1S/C9H6Cl2O4S/c10-5-1-4(9(14)15)2-6(11)8(5)16-3-7(12)13/h1-2H,3H2,(H,12,13)(H,14,15). The van der Waals surface area contributed by atoms with Gasteiger partial charge in [-0.15, -0.1) is 11.8 Å². The summed E-state index contributed by atoms with van der Waals surface area (Å²) in [5.74, 6) is -2.33. The summed E-state index contributed by atoms with van der Waals surface area (Å²) in [6.07, 6.45) is 0. The first-order valence-corrected chi connectivity index (χ1v) is 5.73. The predicted molar refractivity (Wildman–Crippen MR) is 61.8 cm³/mol. The van der Waals surface area contributed by atoms with Gasteiger partial charge in [0.1, 0.15) is 0 Å². The molecule has 0 heterocycles. The molecule has 0 bridgehead atoms. The van der Waals surface area contributed by atoms with Crippen LogP contribution >= 0.6 is 35.0 Å². The lowest BCUT2D eigenvalue weighted by Gasteiger charge is -2.06. The topological polar surface area (TPSA) is 74.6 Å². The van der Waals surface area contributed by atoms with Gasteiger partial charge < -0.3 is 10.2 Å². The lowest BCUT2D eigenvalue weighted by molar-refractivity contribution is -0.133. The van der Waals surface area contributed by atoms with Crippen LogP contribution in [-0.4, -0.2) is 27.9 Å². The maximum Gasteiger partial charge on any atom is 0.335 e. The number of aliphatic carboxylic acids is 1. The van der Waals surface area contributed by atoms with Gasteiger partial charge in [0, 0.05) is 4.90 Å². The van der Waals surface area contributed by atoms with E-state index in [4.69, 9.17) is 33.4 Å². The second kappa shape index (κ2) is 5.43. The van der Waals surface area contributed by atoms with Crippen molar-refractivity contribution < 1.29 is 19.8 Å². The highest BCUT2D eigenvalue weighted by Gasteiger charge is 2.13. The number of hydrogen-bond donors (Lipinski definition) is 2. The molecule has 0 aliphatic heterocycles. The molecule has 1 aromatic rings. The lowest BCUT2D eigenvalue weighted by atomic mass is 10.2. The zero-order valence-electron chi connectivity index (χ0n) is 7.74. The first-order valence-electron chi connectivity index (χ1n) is 3.98. The molecule has 0 spiro atoms. The van der Waals surface area contributed by atoms with Crippen molar-refractivity contribution in [2.75, 3.05) is 5.75 Å². The molecule has 0 radical (unpaired) electrons. The zero-order chi connectivity index (χ0) is 12.3. The Kier molecular flexibility index (Phi) is 4.46. The number of rotatable bonds is 4. The van der Waals surface area contributed by atoms with Gasteiger partial charge in [-0.3, -0.25) is 4.79 Å². The first-order chi connectivity index (χ1) is 7.41. The van der Waals surface area contributed by atoms with Gasteiger partial charge >= 0.3 is 11.9 Å². The van der Waals surface area contributed by atoms with Crippen LogP contribution in [0, 0.1) is 0 Å². The Labute approximate surface area is 105 Å². The minimum atomic E-state index is -1.14. The Morgan fingerprint density at radius 3 is 2.06 bits per heavy atom. The molecule has 0 unspecified atom stereocenters. The molecule has 16 heavy (non-hydrogen) atoms. The van der Waals surface area contributed by atoms with Gasteiger partial charge in [0.2, 0.25) is 0 Å². The molecule has 7 heteroatoms. The molecule has 0 amide bonds. The molecule has 0 aliphatic carbocycles. The molecule has 0 aliphatic rings. The van der Waals surface area contributed by atoms with Gasteiger partial charge in [0.05, 0.1) is 21.4 Å². The van der Waals surface area contributed by atoms with E-state index in [1.165, 1.54) is 12.1 Å². The van der Waals surface area contributed by atoms with E-state index in [2.05, 4.69) is 0 Å². The van der Waals surface area contributed by atoms with E-state index < -0.39 is 11.9 Å². The monoisotopic (exact) mass is 280 g/mol. The van der Waals surface area contributed by atoms with Crippen molar-refractivity contribution in [2.45, 2.75) is 4.90 Å². The highest BCUT2D eigenvalue weighted by Crippen LogP contribution is 2.35.